The summed E-state index contributed by atoms with van der Waals surface area (Å²) in [6.07, 6.45) is -5.90. The molecule has 1 aliphatic heterocycles. The number of rotatable bonds is 4. The number of carbonyl (C=O) groups is 1. The molecule has 0 atom stereocenters. The molecule has 1 saturated heterocycles. The third-order valence-electron chi connectivity index (χ3n) is 4.46. The zero-order chi connectivity index (χ0) is 20.5. The summed E-state index contributed by atoms with van der Waals surface area (Å²) in [4.78, 5) is 11.6. The molecule has 152 valence electrons. The normalized spacial score (nSPS) is 16.3. The van der Waals surface area contributed by atoms with Crippen LogP contribution < -0.4 is 9.83 Å². The number of alkyl halides is 3. The Balaban J connectivity index is 1.88. The van der Waals surface area contributed by atoms with E-state index in [2.05, 4.69) is 4.72 Å². The molecule has 1 aliphatic rings. The SMILES string of the molecule is O=C([O-])N1CCC(NS(=O)(=O)c2ccc(-c3cccs3)cc2C(F)(F)F)CC1. The minimum Gasteiger partial charge on any atom is -0.530 e. The van der Waals surface area contributed by atoms with E-state index in [0.29, 0.717) is 4.88 Å². The second kappa shape index (κ2) is 7.72. The van der Waals surface area contributed by atoms with Crippen LogP contribution in [0.15, 0.2) is 40.6 Å². The number of hydrogen-bond donors (Lipinski definition) is 1. The summed E-state index contributed by atoms with van der Waals surface area (Å²) in [5.74, 6) is 0. The lowest BCUT2D eigenvalue weighted by atomic mass is 10.1. The molecule has 3 rings (SSSR count). The predicted octanol–water partition coefficient (Wildman–Crippen LogP) is 2.52. The summed E-state index contributed by atoms with van der Waals surface area (Å²) in [5.41, 5.74) is -0.957. The number of piperidine rings is 1. The number of amides is 1. The first-order chi connectivity index (χ1) is 13.1. The summed E-state index contributed by atoms with van der Waals surface area (Å²) in [6, 6.07) is 5.82. The second-order valence-electron chi connectivity index (χ2n) is 6.33. The van der Waals surface area contributed by atoms with Crippen LogP contribution in [0, 0.1) is 0 Å². The Kier molecular flexibility index (Phi) is 5.69. The summed E-state index contributed by atoms with van der Waals surface area (Å²) in [6.45, 7) is 0.109. The lowest BCUT2D eigenvalue weighted by molar-refractivity contribution is -0.266. The van der Waals surface area contributed by atoms with Crippen LogP contribution in [0.3, 0.4) is 0 Å². The van der Waals surface area contributed by atoms with Crippen LogP contribution in [-0.2, 0) is 16.2 Å². The zero-order valence-electron chi connectivity index (χ0n) is 14.4. The lowest BCUT2D eigenvalue weighted by Gasteiger charge is -2.33. The molecule has 2 aromatic rings. The van der Waals surface area contributed by atoms with Crippen molar-refractivity contribution in [3.63, 3.8) is 0 Å². The van der Waals surface area contributed by atoms with Gasteiger partial charge in [-0.1, -0.05) is 12.1 Å². The summed E-state index contributed by atoms with van der Waals surface area (Å²) < 4.78 is 68.2. The highest BCUT2D eigenvalue weighted by molar-refractivity contribution is 7.89. The quantitative estimate of drug-likeness (QED) is 0.803. The maximum atomic E-state index is 13.6. The molecule has 1 amide bonds. The molecule has 1 N–H and O–H groups in total. The third kappa shape index (κ3) is 4.47. The number of likely N-dealkylation sites (tertiary alicyclic amines) is 1. The molecular weight excluding hydrogens is 417 g/mol. The Morgan fingerprint density at radius 3 is 2.43 bits per heavy atom. The van der Waals surface area contributed by atoms with E-state index in [1.54, 1.807) is 17.5 Å². The molecule has 6 nitrogen and oxygen atoms in total. The molecule has 0 saturated carbocycles. The van der Waals surface area contributed by atoms with E-state index in [1.165, 1.54) is 17.4 Å². The number of nitrogens with zero attached hydrogens (tertiary/aromatic N) is 1. The number of carboxylic acid groups (broad SMARTS) is 1. The second-order valence-corrected chi connectivity index (χ2v) is 8.96. The van der Waals surface area contributed by atoms with Gasteiger partial charge < -0.3 is 14.8 Å². The molecule has 1 aromatic heterocycles. The van der Waals surface area contributed by atoms with Gasteiger partial charge in [0.05, 0.1) is 10.5 Å². The Bertz CT molecular complexity index is 951. The van der Waals surface area contributed by atoms with Crippen molar-refractivity contribution < 1.29 is 31.5 Å². The molecule has 11 heteroatoms. The van der Waals surface area contributed by atoms with Gasteiger partial charge >= 0.3 is 6.18 Å². The average molecular weight is 433 g/mol. The molecule has 0 radical (unpaired) electrons. The minimum atomic E-state index is -4.85. The predicted molar refractivity (Wildman–Crippen MR) is 95.1 cm³/mol. The molecule has 2 heterocycles. The van der Waals surface area contributed by atoms with Crippen molar-refractivity contribution in [2.75, 3.05) is 13.1 Å². The molecular formula is C17H16F3N2O4S2-. The molecule has 0 bridgehead atoms. The zero-order valence-corrected chi connectivity index (χ0v) is 16.0. The highest BCUT2D eigenvalue weighted by Gasteiger charge is 2.38. The highest BCUT2D eigenvalue weighted by atomic mass is 32.2. The van der Waals surface area contributed by atoms with Gasteiger partial charge in [-0.15, -0.1) is 11.3 Å². The number of hydrogen-bond acceptors (Lipinski definition) is 5. The van der Waals surface area contributed by atoms with Crippen molar-refractivity contribution >= 4 is 27.5 Å². The largest absolute Gasteiger partial charge is 0.530 e. The van der Waals surface area contributed by atoms with E-state index >= 15 is 0 Å². The molecule has 1 aromatic carbocycles. The Morgan fingerprint density at radius 1 is 1.21 bits per heavy atom. The first kappa shape index (κ1) is 20.6. The van der Waals surface area contributed by atoms with E-state index in [-0.39, 0.29) is 31.5 Å². The van der Waals surface area contributed by atoms with Gasteiger partial charge in [-0.3, -0.25) is 0 Å². The van der Waals surface area contributed by atoms with Gasteiger partial charge in [0.25, 0.3) is 0 Å². The number of nitrogens with one attached hydrogen (secondary N) is 1. The van der Waals surface area contributed by atoms with Crippen molar-refractivity contribution in [2.24, 2.45) is 0 Å². The average Bonchev–Trinajstić information content (AvgIpc) is 3.15. The van der Waals surface area contributed by atoms with Crippen molar-refractivity contribution in [1.29, 1.82) is 0 Å². The van der Waals surface area contributed by atoms with Crippen molar-refractivity contribution in [3.05, 3.63) is 41.3 Å². The monoisotopic (exact) mass is 433 g/mol. The van der Waals surface area contributed by atoms with Crippen LogP contribution >= 0.6 is 11.3 Å². The summed E-state index contributed by atoms with van der Waals surface area (Å²) >= 11 is 1.25. The van der Waals surface area contributed by atoms with Crippen LogP contribution in [0.25, 0.3) is 10.4 Å². The summed E-state index contributed by atoms with van der Waals surface area (Å²) in [7, 11) is -4.45. The van der Waals surface area contributed by atoms with Gasteiger partial charge in [-0.25, -0.2) is 13.1 Å². The standard InChI is InChI=1S/C17H17F3N2O4S2/c18-17(19,20)13-10-11(14-2-1-9-27-14)3-4-15(13)28(25,26)21-12-5-7-22(8-6-12)16(23)24/h1-4,9-10,12,21H,5-8H2,(H,23,24)/p-1. The molecule has 0 spiro atoms. The van der Waals surface area contributed by atoms with Crippen molar-refractivity contribution in [2.45, 2.75) is 30.0 Å². The van der Waals surface area contributed by atoms with Gasteiger partial charge in [0.1, 0.15) is 6.09 Å². The van der Waals surface area contributed by atoms with Gasteiger partial charge in [-0.2, -0.15) is 13.2 Å². The molecule has 28 heavy (non-hydrogen) atoms. The maximum Gasteiger partial charge on any atom is 0.417 e. The van der Waals surface area contributed by atoms with E-state index in [0.717, 1.165) is 17.0 Å². The fourth-order valence-electron chi connectivity index (χ4n) is 3.04. The van der Waals surface area contributed by atoms with Gasteiger partial charge in [0, 0.05) is 24.0 Å². The Labute approximate surface area is 163 Å². The van der Waals surface area contributed by atoms with Crippen LogP contribution in [0.4, 0.5) is 18.0 Å². The van der Waals surface area contributed by atoms with Crippen LogP contribution in [0.1, 0.15) is 18.4 Å². The number of benzene rings is 1. The van der Waals surface area contributed by atoms with Crippen molar-refractivity contribution in [3.8, 4) is 10.4 Å². The van der Waals surface area contributed by atoms with Gasteiger partial charge in [0.2, 0.25) is 10.0 Å². The topological polar surface area (TPSA) is 89.5 Å². The fraction of sp³-hybridized carbons (Fsp3) is 0.353. The highest BCUT2D eigenvalue weighted by Crippen LogP contribution is 2.38. The van der Waals surface area contributed by atoms with E-state index < -0.39 is 38.8 Å². The van der Waals surface area contributed by atoms with Gasteiger partial charge in [0.15, 0.2) is 0 Å². The summed E-state index contributed by atoms with van der Waals surface area (Å²) in [5, 5.41) is 12.5. The lowest BCUT2D eigenvalue weighted by Crippen LogP contribution is -2.50. The first-order valence-electron chi connectivity index (χ1n) is 8.31. The number of sulfonamides is 1. The smallest absolute Gasteiger partial charge is 0.417 e. The van der Waals surface area contributed by atoms with E-state index in [1.807, 2.05) is 0 Å². The first-order valence-corrected chi connectivity index (χ1v) is 10.7. The van der Waals surface area contributed by atoms with Crippen molar-refractivity contribution in [1.82, 2.24) is 9.62 Å². The third-order valence-corrected chi connectivity index (χ3v) is 6.95. The van der Waals surface area contributed by atoms with E-state index in [9.17, 15) is 31.5 Å². The van der Waals surface area contributed by atoms with Crippen LogP contribution in [0.2, 0.25) is 0 Å². The fourth-order valence-corrected chi connectivity index (χ4v) is 5.28. The molecule has 1 fully saturated rings. The molecule has 0 aliphatic carbocycles. The van der Waals surface area contributed by atoms with Crippen LogP contribution in [0.5, 0.6) is 0 Å². The minimum absolute atomic E-state index is 0.0545. The number of halogens is 3. The number of thiophene rings is 1. The Hall–Kier alpha value is -2.11. The molecule has 0 unspecified atom stereocenters. The van der Waals surface area contributed by atoms with Crippen LogP contribution in [-0.4, -0.2) is 38.5 Å². The van der Waals surface area contributed by atoms with Gasteiger partial charge in [-0.05, 0) is 42.0 Å². The Morgan fingerprint density at radius 2 is 1.89 bits per heavy atom. The number of carbonyl (C=O) groups excluding carboxylic acids is 1. The van der Waals surface area contributed by atoms with E-state index in [4.69, 9.17) is 0 Å². The maximum absolute atomic E-state index is 13.6.